The Balaban J connectivity index is 1.31. The predicted octanol–water partition coefficient (Wildman–Crippen LogP) is 3.18. The number of nitrogens with one attached hydrogen (secondary N) is 2. The van der Waals surface area contributed by atoms with Crippen molar-refractivity contribution in [2.45, 2.75) is 0 Å². The zero-order chi connectivity index (χ0) is 19.3. The van der Waals surface area contributed by atoms with Gasteiger partial charge in [-0.3, -0.25) is 15.6 Å². The zero-order valence-electron chi connectivity index (χ0n) is 15.3. The maximum atomic E-state index is 12.2. The molecule has 0 unspecified atom stereocenters. The van der Waals surface area contributed by atoms with Gasteiger partial charge in [-0.25, -0.2) is 9.78 Å². The molecule has 0 spiro atoms. The number of carbonyl (C=O) groups is 1. The number of ether oxygens (including phenoxy) is 1. The quantitative estimate of drug-likeness (QED) is 0.665. The van der Waals surface area contributed by atoms with Crippen LogP contribution in [0.25, 0.3) is 10.6 Å². The second kappa shape index (κ2) is 8.32. The molecule has 0 aliphatic carbocycles. The van der Waals surface area contributed by atoms with Crippen LogP contribution in [-0.2, 0) is 0 Å². The fourth-order valence-corrected chi connectivity index (χ4v) is 3.68. The van der Waals surface area contributed by atoms with Gasteiger partial charge in [-0.1, -0.05) is 6.07 Å². The van der Waals surface area contributed by atoms with Crippen LogP contribution in [0, 0.1) is 5.92 Å². The van der Waals surface area contributed by atoms with Gasteiger partial charge in [-0.2, -0.15) is 4.98 Å². The summed E-state index contributed by atoms with van der Waals surface area (Å²) in [6.45, 7) is 2.70. The molecule has 0 saturated carbocycles. The lowest BCUT2D eigenvalue weighted by molar-refractivity contribution is 0.0839. The molecule has 4 heterocycles. The summed E-state index contributed by atoms with van der Waals surface area (Å²) >= 11 is 1.45. The normalized spacial score (nSPS) is 14.3. The Morgan fingerprint density at radius 2 is 1.96 bits per heavy atom. The van der Waals surface area contributed by atoms with Gasteiger partial charge in [0, 0.05) is 48.4 Å². The van der Waals surface area contributed by atoms with Crippen LogP contribution in [-0.4, -0.2) is 52.6 Å². The molecule has 2 amide bonds. The highest BCUT2D eigenvalue weighted by molar-refractivity contribution is 7.13. The molecule has 1 saturated heterocycles. The average Bonchev–Trinajstić information content (AvgIpc) is 3.13. The van der Waals surface area contributed by atoms with Crippen molar-refractivity contribution in [2.24, 2.45) is 5.92 Å². The number of thiazole rings is 1. The van der Waals surface area contributed by atoms with Gasteiger partial charge in [-0.15, -0.1) is 11.3 Å². The number of likely N-dealkylation sites (tertiary alicyclic amines) is 1. The summed E-state index contributed by atoms with van der Waals surface area (Å²) in [4.78, 5) is 27.2. The molecular weight excluding hydrogens is 376 g/mol. The molecule has 9 heteroatoms. The number of anilines is 2. The first kappa shape index (κ1) is 18.3. The topological polar surface area (TPSA) is 92.3 Å². The van der Waals surface area contributed by atoms with Crippen molar-refractivity contribution in [3.05, 3.63) is 48.1 Å². The highest BCUT2D eigenvalue weighted by Gasteiger charge is 2.23. The van der Waals surface area contributed by atoms with Crippen molar-refractivity contribution in [2.75, 3.05) is 37.4 Å². The lowest BCUT2D eigenvalue weighted by atomic mass is 10.0. The molecule has 0 aromatic carbocycles. The summed E-state index contributed by atoms with van der Waals surface area (Å²) < 4.78 is 5.73. The molecule has 0 atom stereocenters. The van der Waals surface area contributed by atoms with Crippen LogP contribution < -0.4 is 15.4 Å². The van der Waals surface area contributed by atoms with Gasteiger partial charge in [0.25, 0.3) is 0 Å². The van der Waals surface area contributed by atoms with E-state index in [1.807, 2.05) is 12.1 Å². The summed E-state index contributed by atoms with van der Waals surface area (Å²) in [5.41, 5.74) is 0.956. The van der Waals surface area contributed by atoms with E-state index >= 15 is 0 Å². The summed E-state index contributed by atoms with van der Waals surface area (Å²) in [6.07, 6.45) is 3.42. The van der Waals surface area contributed by atoms with Crippen molar-refractivity contribution >= 4 is 29.0 Å². The molecule has 1 aliphatic rings. The minimum atomic E-state index is -0.406. The van der Waals surface area contributed by atoms with E-state index in [0.717, 1.165) is 23.7 Å². The van der Waals surface area contributed by atoms with Crippen molar-refractivity contribution in [3.8, 4) is 16.5 Å². The molecule has 0 bridgehead atoms. The van der Waals surface area contributed by atoms with E-state index in [2.05, 4.69) is 37.5 Å². The Bertz CT molecular complexity index is 942. The van der Waals surface area contributed by atoms with Crippen LogP contribution in [0.4, 0.5) is 16.4 Å². The zero-order valence-corrected chi connectivity index (χ0v) is 16.1. The third-order valence-electron chi connectivity index (χ3n) is 4.24. The molecule has 144 valence electrons. The Labute approximate surface area is 166 Å². The van der Waals surface area contributed by atoms with E-state index in [4.69, 9.17) is 4.74 Å². The Morgan fingerprint density at radius 1 is 1.18 bits per heavy atom. The standard InChI is InChI=1S/C19H20N6O2S/c1-25-9-13(10-25)11-27-17-4-2-3-15(21-17)23-19(26)24-16-12-28-18(22-16)14-5-7-20-8-6-14/h2-8,12-13H,9-11H2,1H3,(H2,21,23,24,26). The third kappa shape index (κ3) is 4.62. The second-order valence-electron chi connectivity index (χ2n) is 6.61. The van der Waals surface area contributed by atoms with Gasteiger partial charge in [0.2, 0.25) is 5.88 Å². The first-order valence-electron chi connectivity index (χ1n) is 8.88. The summed E-state index contributed by atoms with van der Waals surface area (Å²) in [6, 6.07) is 8.64. The van der Waals surface area contributed by atoms with Gasteiger partial charge >= 0.3 is 6.03 Å². The number of carbonyl (C=O) groups excluding carboxylic acids is 1. The molecule has 0 radical (unpaired) electrons. The minimum Gasteiger partial charge on any atom is -0.477 e. The Morgan fingerprint density at radius 3 is 2.75 bits per heavy atom. The van der Waals surface area contributed by atoms with Crippen molar-refractivity contribution in [1.82, 2.24) is 19.9 Å². The fourth-order valence-electron chi connectivity index (χ4n) is 2.92. The largest absolute Gasteiger partial charge is 0.477 e. The van der Waals surface area contributed by atoms with Crippen LogP contribution in [0.2, 0.25) is 0 Å². The number of aromatic nitrogens is 3. The average molecular weight is 396 g/mol. The smallest absolute Gasteiger partial charge is 0.326 e. The first-order valence-corrected chi connectivity index (χ1v) is 9.76. The number of pyridine rings is 2. The van der Waals surface area contributed by atoms with E-state index in [0.29, 0.717) is 30.0 Å². The second-order valence-corrected chi connectivity index (χ2v) is 7.47. The number of hydrogen-bond acceptors (Lipinski definition) is 7. The summed E-state index contributed by atoms with van der Waals surface area (Å²) in [5.74, 6) is 1.94. The molecule has 28 heavy (non-hydrogen) atoms. The van der Waals surface area contributed by atoms with Gasteiger partial charge in [-0.05, 0) is 25.2 Å². The summed E-state index contributed by atoms with van der Waals surface area (Å²) in [5, 5.41) is 8.03. The lowest BCUT2D eigenvalue weighted by Gasteiger charge is -2.35. The van der Waals surface area contributed by atoms with Gasteiger partial charge < -0.3 is 9.64 Å². The van der Waals surface area contributed by atoms with E-state index in [-0.39, 0.29) is 0 Å². The number of urea groups is 1. The molecule has 1 aliphatic heterocycles. The van der Waals surface area contributed by atoms with E-state index in [1.54, 1.807) is 36.0 Å². The van der Waals surface area contributed by atoms with Crippen LogP contribution in [0.15, 0.2) is 48.1 Å². The third-order valence-corrected chi connectivity index (χ3v) is 5.14. The van der Waals surface area contributed by atoms with Crippen LogP contribution in [0.3, 0.4) is 0 Å². The van der Waals surface area contributed by atoms with Crippen molar-refractivity contribution in [1.29, 1.82) is 0 Å². The van der Waals surface area contributed by atoms with E-state index < -0.39 is 6.03 Å². The molecule has 2 N–H and O–H groups in total. The molecular formula is C19H20N6O2S. The van der Waals surface area contributed by atoms with E-state index in [1.165, 1.54) is 11.3 Å². The minimum absolute atomic E-state index is 0.406. The van der Waals surface area contributed by atoms with Gasteiger partial charge in [0.05, 0.1) is 6.61 Å². The fraction of sp³-hybridized carbons (Fsp3) is 0.263. The Kier molecular flexibility index (Phi) is 5.45. The molecule has 3 aromatic heterocycles. The monoisotopic (exact) mass is 396 g/mol. The molecule has 8 nitrogen and oxygen atoms in total. The van der Waals surface area contributed by atoms with Gasteiger partial charge in [0.1, 0.15) is 16.6 Å². The van der Waals surface area contributed by atoms with Crippen molar-refractivity contribution < 1.29 is 9.53 Å². The molecule has 4 rings (SSSR count). The highest BCUT2D eigenvalue weighted by atomic mass is 32.1. The van der Waals surface area contributed by atoms with Crippen LogP contribution in [0.5, 0.6) is 5.88 Å². The van der Waals surface area contributed by atoms with Crippen LogP contribution >= 0.6 is 11.3 Å². The molecule has 1 fully saturated rings. The summed E-state index contributed by atoms with van der Waals surface area (Å²) in [7, 11) is 2.08. The molecule has 3 aromatic rings. The number of hydrogen-bond donors (Lipinski definition) is 2. The first-order chi connectivity index (χ1) is 13.7. The number of rotatable bonds is 6. The number of amides is 2. The Hall–Kier alpha value is -3.04. The maximum Gasteiger partial charge on any atom is 0.326 e. The van der Waals surface area contributed by atoms with E-state index in [9.17, 15) is 4.79 Å². The maximum absolute atomic E-state index is 12.2. The predicted molar refractivity (Wildman–Crippen MR) is 109 cm³/mol. The van der Waals surface area contributed by atoms with Gasteiger partial charge in [0.15, 0.2) is 0 Å². The SMILES string of the molecule is CN1CC(COc2cccc(NC(=O)Nc3csc(-c4ccncc4)n3)n2)C1. The van der Waals surface area contributed by atoms with Crippen LogP contribution in [0.1, 0.15) is 0 Å². The highest BCUT2D eigenvalue weighted by Crippen LogP contribution is 2.25. The number of nitrogens with zero attached hydrogens (tertiary/aromatic N) is 4. The lowest BCUT2D eigenvalue weighted by Crippen LogP contribution is -2.46. The van der Waals surface area contributed by atoms with Crippen molar-refractivity contribution in [3.63, 3.8) is 0 Å².